The molecule has 0 bridgehead atoms. The van der Waals surface area contributed by atoms with Gasteiger partial charge in [-0.25, -0.2) is 0 Å². The van der Waals surface area contributed by atoms with Gasteiger partial charge in [0.15, 0.2) is 5.82 Å². The molecule has 1 saturated heterocycles. The highest BCUT2D eigenvalue weighted by molar-refractivity contribution is 5.20. The molecule has 6 nitrogen and oxygen atoms in total. The van der Waals surface area contributed by atoms with Crippen molar-refractivity contribution in [3.63, 3.8) is 0 Å². The summed E-state index contributed by atoms with van der Waals surface area (Å²) in [6, 6.07) is 9.96. The molecule has 0 amide bonds. The highest BCUT2D eigenvalue weighted by atomic mass is 16.5. The summed E-state index contributed by atoms with van der Waals surface area (Å²) in [5.41, 5.74) is -0.119. The van der Waals surface area contributed by atoms with Crippen molar-refractivity contribution in [1.29, 1.82) is 0 Å². The first-order valence-corrected chi connectivity index (χ1v) is 7.70. The van der Waals surface area contributed by atoms with Gasteiger partial charge in [-0.3, -0.25) is 4.90 Å². The van der Waals surface area contributed by atoms with Crippen molar-refractivity contribution in [2.75, 3.05) is 19.7 Å². The van der Waals surface area contributed by atoms with E-state index in [1.807, 2.05) is 30.3 Å². The molecular formula is C16H23N5O. The van der Waals surface area contributed by atoms with Gasteiger partial charge in [-0.05, 0) is 38.1 Å². The molecule has 0 unspecified atom stereocenters. The molecule has 1 aromatic heterocycles. The Hall–Kier alpha value is -1.95. The number of likely N-dealkylation sites (tertiary alicyclic amines) is 1. The molecule has 0 atom stereocenters. The molecular weight excluding hydrogens is 278 g/mol. The summed E-state index contributed by atoms with van der Waals surface area (Å²) in [5.74, 6) is 2.31. The second-order valence-corrected chi connectivity index (χ2v) is 6.85. The summed E-state index contributed by atoms with van der Waals surface area (Å²) < 4.78 is 5.78. The van der Waals surface area contributed by atoms with Crippen molar-refractivity contribution in [2.24, 2.45) is 5.92 Å². The van der Waals surface area contributed by atoms with E-state index in [0.29, 0.717) is 5.92 Å². The van der Waals surface area contributed by atoms with E-state index < -0.39 is 0 Å². The van der Waals surface area contributed by atoms with Gasteiger partial charge in [-0.15, -0.1) is 10.2 Å². The minimum atomic E-state index is -0.119. The summed E-state index contributed by atoms with van der Waals surface area (Å²) in [5, 5.41) is 12.7. The van der Waals surface area contributed by atoms with Gasteiger partial charge in [0.25, 0.3) is 0 Å². The molecule has 0 saturated carbocycles. The summed E-state index contributed by atoms with van der Waals surface area (Å²) in [4.78, 5) is 4.00. The fourth-order valence-electron chi connectivity index (χ4n) is 2.43. The van der Waals surface area contributed by atoms with Gasteiger partial charge in [0.1, 0.15) is 5.75 Å². The Morgan fingerprint density at radius 2 is 1.91 bits per heavy atom. The molecule has 1 aromatic carbocycles. The van der Waals surface area contributed by atoms with Crippen LogP contribution in [0.2, 0.25) is 0 Å². The maximum atomic E-state index is 5.78. The summed E-state index contributed by atoms with van der Waals surface area (Å²) in [7, 11) is 0. The minimum Gasteiger partial charge on any atom is -0.493 e. The molecule has 2 aromatic rings. The van der Waals surface area contributed by atoms with Crippen molar-refractivity contribution in [2.45, 2.75) is 32.9 Å². The molecule has 1 aliphatic heterocycles. The van der Waals surface area contributed by atoms with Gasteiger partial charge in [0, 0.05) is 19.0 Å². The molecule has 6 heteroatoms. The first-order valence-electron chi connectivity index (χ1n) is 7.70. The van der Waals surface area contributed by atoms with Crippen LogP contribution in [0.25, 0.3) is 0 Å². The molecule has 0 spiro atoms. The number of nitrogens with zero attached hydrogens (tertiary/aromatic N) is 5. The Morgan fingerprint density at radius 3 is 2.55 bits per heavy atom. The van der Waals surface area contributed by atoms with Gasteiger partial charge in [-0.1, -0.05) is 18.2 Å². The number of benzene rings is 1. The van der Waals surface area contributed by atoms with Gasteiger partial charge >= 0.3 is 0 Å². The molecule has 0 N–H and O–H groups in total. The van der Waals surface area contributed by atoms with E-state index in [9.17, 15) is 0 Å². The van der Waals surface area contributed by atoms with Crippen LogP contribution in [0.4, 0.5) is 0 Å². The van der Waals surface area contributed by atoms with Crippen LogP contribution in [0.5, 0.6) is 5.75 Å². The van der Waals surface area contributed by atoms with Gasteiger partial charge in [-0.2, -0.15) is 4.80 Å². The fourth-order valence-corrected chi connectivity index (χ4v) is 2.43. The van der Waals surface area contributed by atoms with Crippen LogP contribution < -0.4 is 4.74 Å². The third-order valence-corrected chi connectivity index (χ3v) is 3.68. The van der Waals surface area contributed by atoms with E-state index in [1.165, 1.54) is 0 Å². The first-order chi connectivity index (χ1) is 10.5. The lowest BCUT2D eigenvalue weighted by Gasteiger charge is -2.38. The zero-order chi connectivity index (χ0) is 15.6. The Kier molecular flexibility index (Phi) is 4.11. The average molecular weight is 301 g/mol. The minimum absolute atomic E-state index is 0.119. The van der Waals surface area contributed by atoms with Crippen molar-refractivity contribution in [3.05, 3.63) is 36.2 Å². The fraction of sp³-hybridized carbons (Fsp3) is 0.562. The second kappa shape index (κ2) is 6.04. The number of tetrazole rings is 1. The summed E-state index contributed by atoms with van der Waals surface area (Å²) in [6.45, 7) is 9.78. The van der Waals surface area contributed by atoms with Crippen molar-refractivity contribution >= 4 is 0 Å². The van der Waals surface area contributed by atoms with Crippen LogP contribution in [0.15, 0.2) is 30.3 Å². The topological polar surface area (TPSA) is 56.1 Å². The quantitative estimate of drug-likeness (QED) is 0.845. The Morgan fingerprint density at radius 1 is 1.18 bits per heavy atom. The number of hydrogen-bond acceptors (Lipinski definition) is 5. The van der Waals surface area contributed by atoms with Crippen LogP contribution in [0.3, 0.4) is 0 Å². The second-order valence-electron chi connectivity index (χ2n) is 6.85. The number of aromatic nitrogens is 4. The molecule has 2 heterocycles. The predicted octanol–water partition coefficient (Wildman–Crippen LogP) is 1.94. The van der Waals surface area contributed by atoms with E-state index in [2.05, 4.69) is 41.1 Å². The molecule has 0 radical (unpaired) electrons. The lowest BCUT2D eigenvalue weighted by molar-refractivity contribution is 0.0535. The predicted molar refractivity (Wildman–Crippen MR) is 83.5 cm³/mol. The highest BCUT2D eigenvalue weighted by Gasteiger charge is 2.28. The van der Waals surface area contributed by atoms with E-state index >= 15 is 0 Å². The Balaban J connectivity index is 1.41. The lowest BCUT2D eigenvalue weighted by atomic mass is 10.0. The standard InChI is InChI=1S/C16H23N5O/c1-16(2,3)21-18-15(17-19-21)11-20-9-13(10-20)12-22-14-7-5-4-6-8-14/h4-8,13H,9-12H2,1-3H3. The smallest absolute Gasteiger partial charge is 0.188 e. The lowest BCUT2D eigenvalue weighted by Crippen LogP contribution is -2.48. The van der Waals surface area contributed by atoms with Gasteiger partial charge in [0.05, 0.1) is 18.7 Å². The first kappa shape index (κ1) is 15.0. The van der Waals surface area contributed by atoms with E-state index in [1.54, 1.807) is 4.80 Å². The van der Waals surface area contributed by atoms with E-state index in [0.717, 1.165) is 37.8 Å². The number of ether oxygens (including phenoxy) is 1. The molecule has 118 valence electrons. The number of rotatable bonds is 5. The SMILES string of the molecule is CC(C)(C)n1nnc(CN2CC(COc3ccccc3)C2)n1. The molecule has 22 heavy (non-hydrogen) atoms. The third-order valence-electron chi connectivity index (χ3n) is 3.68. The Bertz CT molecular complexity index is 598. The monoisotopic (exact) mass is 301 g/mol. The summed E-state index contributed by atoms with van der Waals surface area (Å²) >= 11 is 0. The van der Waals surface area contributed by atoms with Crippen molar-refractivity contribution < 1.29 is 4.74 Å². The van der Waals surface area contributed by atoms with Crippen LogP contribution in [0, 0.1) is 5.92 Å². The highest BCUT2D eigenvalue weighted by Crippen LogP contribution is 2.19. The van der Waals surface area contributed by atoms with Gasteiger partial charge in [0.2, 0.25) is 0 Å². The molecule has 3 rings (SSSR count). The number of para-hydroxylation sites is 1. The van der Waals surface area contributed by atoms with Crippen molar-refractivity contribution in [3.8, 4) is 5.75 Å². The molecule has 0 aliphatic carbocycles. The van der Waals surface area contributed by atoms with E-state index in [-0.39, 0.29) is 5.54 Å². The van der Waals surface area contributed by atoms with Crippen LogP contribution >= 0.6 is 0 Å². The van der Waals surface area contributed by atoms with Crippen LogP contribution in [0.1, 0.15) is 26.6 Å². The summed E-state index contributed by atoms with van der Waals surface area (Å²) in [6.07, 6.45) is 0. The maximum Gasteiger partial charge on any atom is 0.188 e. The number of hydrogen-bond donors (Lipinski definition) is 0. The van der Waals surface area contributed by atoms with Crippen LogP contribution in [-0.2, 0) is 12.1 Å². The molecule has 1 aliphatic rings. The normalized spacial score (nSPS) is 16.5. The zero-order valence-corrected chi connectivity index (χ0v) is 13.4. The average Bonchev–Trinajstić information content (AvgIpc) is 2.91. The van der Waals surface area contributed by atoms with Gasteiger partial charge < -0.3 is 4.74 Å². The third kappa shape index (κ3) is 3.62. The Labute approximate surface area is 131 Å². The van der Waals surface area contributed by atoms with E-state index in [4.69, 9.17) is 4.74 Å². The van der Waals surface area contributed by atoms with Crippen molar-refractivity contribution in [1.82, 2.24) is 25.1 Å². The maximum absolute atomic E-state index is 5.78. The van der Waals surface area contributed by atoms with Crippen LogP contribution in [-0.4, -0.2) is 44.8 Å². The zero-order valence-electron chi connectivity index (χ0n) is 13.4. The molecule has 1 fully saturated rings. The largest absolute Gasteiger partial charge is 0.493 e.